The maximum atomic E-state index is 12.0. The second kappa shape index (κ2) is 8.08. The number of rotatable bonds is 7. The molecule has 0 aromatic carbocycles. The van der Waals surface area contributed by atoms with Crippen LogP contribution in [0.2, 0.25) is 0 Å². The number of carbonyl (C=O) groups excluding carboxylic acids is 1. The molecule has 2 N–H and O–H groups in total. The molecule has 0 aliphatic carbocycles. The van der Waals surface area contributed by atoms with Crippen LogP contribution in [0.3, 0.4) is 0 Å². The Morgan fingerprint density at radius 2 is 1.95 bits per heavy atom. The summed E-state index contributed by atoms with van der Waals surface area (Å²) in [5.74, 6) is 0. The number of aromatic nitrogens is 2. The summed E-state index contributed by atoms with van der Waals surface area (Å²) in [6.07, 6.45) is 4.51. The highest BCUT2D eigenvalue weighted by Gasteiger charge is 2.30. The summed E-state index contributed by atoms with van der Waals surface area (Å²) in [6.45, 7) is 11.0. The van der Waals surface area contributed by atoms with E-state index in [0.29, 0.717) is 13.1 Å². The Kier molecular flexibility index (Phi) is 6.74. The molecule has 0 spiro atoms. The van der Waals surface area contributed by atoms with Gasteiger partial charge in [0.05, 0.1) is 11.2 Å². The first-order valence-corrected chi connectivity index (χ1v) is 7.77. The fourth-order valence-corrected chi connectivity index (χ4v) is 2.09. The molecule has 0 radical (unpaired) electrons. The lowest BCUT2D eigenvalue weighted by atomic mass is 9.93. The molecule has 0 aliphatic rings. The Morgan fingerprint density at radius 1 is 1.27 bits per heavy atom. The van der Waals surface area contributed by atoms with Crippen LogP contribution in [0.5, 0.6) is 0 Å². The van der Waals surface area contributed by atoms with Crippen molar-refractivity contribution in [2.45, 2.75) is 65.1 Å². The summed E-state index contributed by atoms with van der Waals surface area (Å²) in [7, 11) is 0. The van der Waals surface area contributed by atoms with Gasteiger partial charge >= 0.3 is 6.09 Å². The Morgan fingerprint density at radius 3 is 2.45 bits per heavy atom. The fourth-order valence-electron chi connectivity index (χ4n) is 2.09. The topological polar surface area (TPSA) is 76.1 Å². The molecular weight excluding hydrogens is 280 g/mol. The second-order valence-corrected chi connectivity index (χ2v) is 6.42. The van der Waals surface area contributed by atoms with Crippen LogP contribution in [0.4, 0.5) is 4.79 Å². The minimum Gasteiger partial charge on any atom is -0.444 e. The number of hydrogen-bond acceptors (Lipinski definition) is 5. The van der Waals surface area contributed by atoms with Gasteiger partial charge in [0.1, 0.15) is 11.9 Å². The maximum Gasteiger partial charge on any atom is 0.408 e. The molecule has 1 heterocycles. The smallest absolute Gasteiger partial charge is 0.408 e. The Labute approximate surface area is 133 Å². The number of amides is 1. The molecule has 0 bridgehead atoms. The number of hydrogen-bond donors (Lipinski definition) is 2. The molecule has 0 aliphatic heterocycles. The molecule has 0 saturated heterocycles. The average Bonchev–Trinajstić information content (AvgIpc) is 2.45. The summed E-state index contributed by atoms with van der Waals surface area (Å²) in [6, 6.07) is 1.87. The maximum absolute atomic E-state index is 12.0. The van der Waals surface area contributed by atoms with E-state index in [-0.39, 0.29) is 11.6 Å². The normalized spacial score (nSPS) is 12.0. The standard InChI is InChI=1S/C16H28N4O2/c1-6-16(7-2,20-14(21)22-15(3,4)5)11-18-10-13-8-9-17-12-19-13/h8-9,12,18H,6-7,10-11H2,1-5H3,(H,20,21). The molecule has 0 fully saturated rings. The van der Waals surface area contributed by atoms with E-state index in [1.54, 1.807) is 6.20 Å². The van der Waals surface area contributed by atoms with Crippen LogP contribution in [0.25, 0.3) is 0 Å². The van der Waals surface area contributed by atoms with E-state index in [2.05, 4.69) is 34.4 Å². The summed E-state index contributed by atoms with van der Waals surface area (Å²) in [4.78, 5) is 20.1. The molecule has 6 nitrogen and oxygen atoms in total. The highest BCUT2D eigenvalue weighted by Crippen LogP contribution is 2.16. The largest absolute Gasteiger partial charge is 0.444 e. The SMILES string of the molecule is CCC(CC)(CNCc1ccncn1)NC(=O)OC(C)(C)C. The van der Waals surface area contributed by atoms with Crippen molar-refractivity contribution in [1.29, 1.82) is 0 Å². The van der Waals surface area contributed by atoms with Gasteiger partial charge in [-0.3, -0.25) is 0 Å². The van der Waals surface area contributed by atoms with Crippen molar-refractivity contribution in [3.8, 4) is 0 Å². The number of nitrogens with zero attached hydrogens (tertiary/aromatic N) is 2. The Balaban J connectivity index is 2.57. The van der Waals surface area contributed by atoms with E-state index in [9.17, 15) is 4.79 Å². The molecular formula is C16H28N4O2. The van der Waals surface area contributed by atoms with Crippen LogP contribution in [-0.4, -0.2) is 33.7 Å². The van der Waals surface area contributed by atoms with Crippen LogP contribution in [-0.2, 0) is 11.3 Å². The summed E-state index contributed by atoms with van der Waals surface area (Å²) in [5.41, 5.74) is 0.106. The number of alkyl carbamates (subject to hydrolysis) is 1. The molecule has 124 valence electrons. The third-order valence-corrected chi connectivity index (χ3v) is 3.53. The fraction of sp³-hybridized carbons (Fsp3) is 0.688. The van der Waals surface area contributed by atoms with Crippen molar-refractivity contribution in [3.05, 3.63) is 24.3 Å². The van der Waals surface area contributed by atoms with E-state index < -0.39 is 5.60 Å². The zero-order valence-electron chi connectivity index (χ0n) is 14.3. The molecule has 22 heavy (non-hydrogen) atoms. The van der Waals surface area contributed by atoms with Crippen molar-refractivity contribution in [1.82, 2.24) is 20.6 Å². The van der Waals surface area contributed by atoms with E-state index in [1.807, 2.05) is 26.8 Å². The van der Waals surface area contributed by atoms with Crippen LogP contribution in [0.15, 0.2) is 18.6 Å². The third kappa shape index (κ3) is 6.39. The van der Waals surface area contributed by atoms with Crippen LogP contribution < -0.4 is 10.6 Å². The van der Waals surface area contributed by atoms with E-state index in [4.69, 9.17) is 4.74 Å². The molecule has 0 atom stereocenters. The summed E-state index contributed by atoms with van der Waals surface area (Å²) in [5, 5.41) is 6.37. The highest BCUT2D eigenvalue weighted by molar-refractivity contribution is 5.68. The minimum atomic E-state index is -0.494. The molecule has 1 aromatic rings. The predicted octanol–water partition coefficient (Wildman–Crippen LogP) is 2.65. The molecule has 1 rings (SSSR count). The van der Waals surface area contributed by atoms with Crippen molar-refractivity contribution < 1.29 is 9.53 Å². The van der Waals surface area contributed by atoms with Gasteiger partial charge < -0.3 is 15.4 Å². The molecule has 0 unspecified atom stereocenters. The predicted molar refractivity (Wildman–Crippen MR) is 86.4 cm³/mol. The molecule has 6 heteroatoms. The first-order chi connectivity index (χ1) is 10.3. The molecule has 1 amide bonds. The van der Waals surface area contributed by atoms with Crippen LogP contribution >= 0.6 is 0 Å². The number of carbonyl (C=O) groups is 1. The first kappa shape index (κ1) is 18.4. The van der Waals surface area contributed by atoms with Gasteiger partial charge in [-0.15, -0.1) is 0 Å². The minimum absolute atomic E-state index is 0.324. The van der Waals surface area contributed by atoms with Crippen LogP contribution in [0.1, 0.15) is 53.2 Å². The van der Waals surface area contributed by atoms with Gasteiger partial charge in [-0.2, -0.15) is 0 Å². The Bertz CT molecular complexity index is 453. The van der Waals surface area contributed by atoms with Crippen LogP contribution in [0, 0.1) is 0 Å². The first-order valence-electron chi connectivity index (χ1n) is 7.77. The zero-order chi connectivity index (χ0) is 16.6. The summed E-state index contributed by atoms with van der Waals surface area (Å²) < 4.78 is 5.36. The van der Waals surface area contributed by atoms with E-state index in [0.717, 1.165) is 18.5 Å². The second-order valence-electron chi connectivity index (χ2n) is 6.42. The average molecular weight is 308 g/mol. The van der Waals surface area contributed by atoms with Crippen molar-refractivity contribution >= 4 is 6.09 Å². The van der Waals surface area contributed by atoms with Gasteiger partial charge in [0.25, 0.3) is 0 Å². The number of nitrogens with one attached hydrogen (secondary N) is 2. The van der Waals surface area contributed by atoms with Gasteiger partial charge in [0.2, 0.25) is 0 Å². The lowest BCUT2D eigenvalue weighted by Gasteiger charge is -2.34. The third-order valence-electron chi connectivity index (χ3n) is 3.53. The lowest BCUT2D eigenvalue weighted by molar-refractivity contribution is 0.0446. The highest BCUT2D eigenvalue weighted by atomic mass is 16.6. The van der Waals surface area contributed by atoms with Gasteiger partial charge in [-0.25, -0.2) is 14.8 Å². The zero-order valence-corrected chi connectivity index (χ0v) is 14.3. The lowest BCUT2D eigenvalue weighted by Crippen LogP contribution is -2.55. The summed E-state index contributed by atoms with van der Waals surface area (Å²) >= 11 is 0. The number of ether oxygens (including phenoxy) is 1. The molecule has 0 saturated carbocycles. The quantitative estimate of drug-likeness (QED) is 0.810. The van der Waals surface area contributed by atoms with E-state index in [1.165, 1.54) is 6.33 Å². The van der Waals surface area contributed by atoms with Gasteiger partial charge in [-0.05, 0) is 39.7 Å². The van der Waals surface area contributed by atoms with E-state index >= 15 is 0 Å². The van der Waals surface area contributed by atoms with Crippen molar-refractivity contribution in [2.75, 3.05) is 6.54 Å². The Hall–Kier alpha value is -1.69. The van der Waals surface area contributed by atoms with Crippen molar-refractivity contribution in [3.63, 3.8) is 0 Å². The molecule has 1 aromatic heterocycles. The van der Waals surface area contributed by atoms with Gasteiger partial charge in [0, 0.05) is 19.3 Å². The van der Waals surface area contributed by atoms with Gasteiger partial charge in [-0.1, -0.05) is 13.8 Å². The monoisotopic (exact) mass is 308 g/mol. The van der Waals surface area contributed by atoms with Crippen molar-refractivity contribution in [2.24, 2.45) is 0 Å². The van der Waals surface area contributed by atoms with Gasteiger partial charge in [0.15, 0.2) is 0 Å².